The summed E-state index contributed by atoms with van der Waals surface area (Å²) in [6.07, 6.45) is 1.89. The zero-order valence-corrected chi connectivity index (χ0v) is 15.1. The van der Waals surface area contributed by atoms with Gasteiger partial charge >= 0.3 is 0 Å². The van der Waals surface area contributed by atoms with E-state index in [0.717, 1.165) is 18.5 Å². The second-order valence-electron chi connectivity index (χ2n) is 6.85. The first-order valence-corrected chi connectivity index (χ1v) is 9.22. The third-order valence-corrected chi connectivity index (χ3v) is 5.04. The molecule has 7 heteroatoms. The number of hydrogen-bond donors (Lipinski definition) is 2. The number of amides is 1. The topological polar surface area (TPSA) is 85.5 Å². The van der Waals surface area contributed by atoms with Gasteiger partial charge in [0.1, 0.15) is 18.1 Å². The van der Waals surface area contributed by atoms with E-state index in [4.69, 9.17) is 14.2 Å². The van der Waals surface area contributed by atoms with Crippen LogP contribution in [0, 0.1) is 0 Å². The fourth-order valence-electron chi connectivity index (χ4n) is 3.62. The number of fused-ring (bicyclic) bond motifs is 2. The van der Waals surface area contributed by atoms with E-state index in [1.165, 1.54) is 11.1 Å². The van der Waals surface area contributed by atoms with Crippen LogP contribution >= 0.6 is 0 Å². The van der Waals surface area contributed by atoms with Crippen molar-refractivity contribution >= 4 is 5.91 Å². The number of aromatic nitrogens is 2. The molecule has 0 saturated carbocycles. The molecular formula is C21H19N3O4. The number of hydrogen-bond acceptors (Lipinski definition) is 5. The summed E-state index contributed by atoms with van der Waals surface area (Å²) in [4.78, 5) is 12.6. The van der Waals surface area contributed by atoms with Crippen molar-refractivity contribution in [3.8, 4) is 17.2 Å². The Morgan fingerprint density at radius 1 is 1.18 bits per heavy atom. The lowest BCUT2D eigenvalue weighted by Gasteiger charge is -2.12. The fraction of sp³-hybridized carbons (Fsp3) is 0.238. The highest BCUT2D eigenvalue weighted by Crippen LogP contribution is 2.35. The van der Waals surface area contributed by atoms with E-state index in [0.29, 0.717) is 22.9 Å². The van der Waals surface area contributed by atoms with Crippen LogP contribution in [0.2, 0.25) is 0 Å². The third-order valence-electron chi connectivity index (χ3n) is 5.04. The highest BCUT2D eigenvalue weighted by molar-refractivity contribution is 5.92. The van der Waals surface area contributed by atoms with Crippen molar-refractivity contribution in [3.63, 3.8) is 0 Å². The molecule has 142 valence electrons. The molecule has 3 aromatic rings. The van der Waals surface area contributed by atoms with Crippen LogP contribution in [0.3, 0.4) is 0 Å². The van der Waals surface area contributed by atoms with E-state index in [2.05, 4.69) is 27.6 Å². The van der Waals surface area contributed by atoms with Gasteiger partial charge in [-0.3, -0.25) is 9.89 Å². The molecule has 2 aromatic carbocycles. The Bertz CT molecular complexity index is 1030. The van der Waals surface area contributed by atoms with Gasteiger partial charge in [0, 0.05) is 6.07 Å². The van der Waals surface area contributed by atoms with Gasteiger partial charge in [-0.05, 0) is 42.2 Å². The number of ether oxygens (including phenoxy) is 3. The maximum absolute atomic E-state index is 12.6. The van der Waals surface area contributed by atoms with Crippen LogP contribution in [-0.4, -0.2) is 22.9 Å². The summed E-state index contributed by atoms with van der Waals surface area (Å²) in [6.45, 7) is 0.495. The molecule has 2 aliphatic rings. The van der Waals surface area contributed by atoms with E-state index >= 15 is 0 Å². The lowest BCUT2D eigenvalue weighted by molar-refractivity contribution is 0.0931. The average molecular weight is 377 g/mol. The summed E-state index contributed by atoms with van der Waals surface area (Å²) >= 11 is 0. The van der Waals surface area contributed by atoms with Crippen molar-refractivity contribution in [1.29, 1.82) is 0 Å². The molecule has 1 atom stereocenters. The molecule has 1 amide bonds. The standard InChI is InChI=1S/C21H19N3O4/c25-21(22-17-7-5-13-3-1-2-4-16(13)17)18-9-14(23-24-18)11-26-15-6-8-19-20(10-15)28-12-27-19/h1-4,6,8-10,17H,5,7,11-12H2,(H,22,25)(H,23,24)/t17-/m1/s1. The summed E-state index contributed by atoms with van der Waals surface area (Å²) in [6, 6.07) is 15.4. The van der Waals surface area contributed by atoms with Crippen LogP contribution in [0.4, 0.5) is 0 Å². The third kappa shape index (κ3) is 3.15. The summed E-state index contributed by atoms with van der Waals surface area (Å²) in [7, 11) is 0. The van der Waals surface area contributed by atoms with Crippen LogP contribution < -0.4 is 19.5 Å². The summed E-state index contributed by atoms with van der Waals surface area (Å²) in [5, 5.41) is 10.1. The molecule has 1 aliphatic heterocycles. The van der Waals surface area contributed by atoms with Crippen molar-refractivity contribution in [2.45, 2.75) is 25.5 Å². The SMILES string of the molecule is O=C(N[C@@H]1CCc2ccccc21)c1cc(COc2ccc3c(c2)OCO3)[nH]n1. The van der Waals surface area contributed by atoms with Crippen molar-refractivity contribution < 1.29 is 19.0 Å². The molecule has 0 unspecified atom stereocenters. The van der Waals surface area contributed by atoms with Crippen molar-refractivity contribution in [3.05, 3.63) is 71.0 Å². The van der Waals surface area contributed by atoms with Gasteiger partial charge in [0.25, 0.3) is 5.91 Å². The van der Waals surface area contributed by atoms with E-state index in [1.807, 2.05) is 24.3 Å². The Morgan fingerprint density at radius 3 is 3.04 bits per heavy atom. The molecule has 2 heterocycles. The number of aromatic amines is 1. The van der Waals surface area contributed by atoms with Gasteiger partial charge in [0.05, 0.1) is 11.7 Å². The Labute approximate surface area is 161 Å². The first kappa shape index (κ1) is 16.7. The monoisotopic (exact) mass is 377 g/mol. The maximum atomic E-state index is 12.6. The van der Waals surface area contributed by atoms with Crippen LogP contribution in [-0.2, 0) is 13.0 Å². The number of aryl methyl sites for hydroxylation is 1. The van der Waals surface area contributed by atoms with Crippen LogP contribution in [0.5, 0.6) is 17.2 Å². The minimum atomic E-state index is -0.188. The predicted molar refractivity (Wildman–Crippen MR) is 100 cm³/mol. The number of nitrogens with zero attached hydrogens (tertiary/aromatic N) is 1. The van der Waals surface area contributed by atoms with Gasteiger partial charge in [-0.2, -0.15) is 5.10 Å². The number of carbonyl (C=O) groups excluding carboxylic acids is 1. The van der Waals surface area contributed by atoms with Crippen LogP contribution in [0.1, 0.15) is 39.8 Å². The lowest BCUT2D eigenvalue weighted by Crippen LogP contribution is -2.27. The lowest BCUT2D eigenvalue weighted by atomic mass is 10.1. The largest absolute Gasteiger partial charge is 0.487 e. The van der Waals surface area contributed by atoms with Gasteiger partial charge in [-0.25, -0.2) is 0 Å². The highest BCUT2D eigenvalue weighted by atomic mass is 16.7. The molecule has 2 N–H and O–H groups in total. The smallest absolute Gasteiger partial charge is 0.272 e. The molecule has 0 fully saturated rings. The van der Waals surface area contributed by atoms with Gasteiger partial charge in [0.15, 0.2) is 11.5 Å². The summed E-state index contributed by atoms with van der Waals surface area (Å²) in [5.74, 6) is 1.85. The minimum Gasteiger partial charge on any atom is -0.487 e. The van der Waals surface area contributed by atoms with Crippen molar-refractivity contribution in [2.24, 2.45) is 0 Å². The molecule has 5 rings (SSSR count). The second kappa shape index (κ2) is 6.92. The molecule has 0 spiro atoms. The number of H-pyrrole nitrogens is 1. The molecule has 0 saturated heterocycles. The normalized spacial score (nSPS) is 16.6. The molecule has 0 radical (unpaired) electrons. The quantitative estimate of drug-likeness (QED) is 0.714. The average Bonchev–Trinajstić information content (AvgIpc) is 3.46. The summed E-state index contributed by atoms with van der Waals surface area (Å²) < 4.78 is 16.4. The molecule has 1 aromatic heterocycles. The van der Waals surface area contributed by atoms with E-state index in [9.17, 15) is 4.79 Å². The molecule has 7 nitrogen and oxygen atoms in total. The Kier molecular flexibility index (Phi) is 4.12. The number of carbonyl (C=O) groups is 1. The van der Waals surface area contributed by atoms with Gasteiger partial charge in [-0.1, -0.05) is 24.3 Å². The Morgan fingerprint density at radius 2 is 2.07 bits per heavy atom. The zero-order valence-electron chi connectivity index (χ0n) is 15.1. The van der Waals surface area contributed by atoms with Gasteiger partial charge < -0.3 is 19.5 Å². The van der Waals surface area contributed by atoms with Gasteiger partial charge in [-0.15, -0.1) is 0 Å². The molecule has 28 heavy (non-hydrogen) atoms. The first-order valence-electron chi connectivity index (χ1n) is 9.22. The summed E-state index contributed by atoms with van der Waals surface area (Å²) in [5.41, 5.74) is 3.56. The van der Waals surface area contributed by atoms with E-state index in [-0.39, 0.29) is 25.3 Å². The Hall–Kier alpha value is -3.48. The fourth-order valence-corrected chi connectivity index (χ4v) is 3.62. The minimum absolute atomic E-state index is 0.0359. The number of nitrogens with one attached hydrogen (secondary N) is 2. The maximum Gasteiger partial charge on any atom is 0.272 e. The van der Waals surface area contributed by atoms with Crippen molar-refractivity contribution in [1.82, 2.24) is 15.5 Å². The molecule has 1 aliphatic carbocycles. The second-order valence-corrected chi connectivity index (χ2v) is 6.85. The van der Waals surface area contributed by atoms with E-state index in [1.54, 1.807) is 12.1 Å². The van der Waals surface area contributed by atoms with Crippen molar-refractivity contribution in [2.75, 3.05) is 6.79 Å². The predicted octanol–water partition coefficient (Wildman–Crippen LogP) is 3.13. The number of benzene rings is 2. The van der Waals surface area contributed by atoms with Gasteiger partial charge in [0.2, 0.25) is 6.79 Å². The zero-order chi connectivity index (χ0) is 18.9. The molecule has 0 bridgehead atoms. The first-order chi connectivity index (χ1) is 13.8. The number of rotatable bonds is 5. The molecular weight excluding hydrogens is 358 g/mol. The Balaban J connectivity index is 1.21. The van der Waals surface area contributed by atoms with Crippen LogP contribution in [0.25, 0.3) is 0 Å². The van der Waals surface area contributed by atoms with E-state index < -0.39 is 0 Å². The van der Waals surface area contributed by atoms with Crippen LogP contribution in [0.15, 0.2) is 48.5 Å². The highest BCUT2D eigenvalue weighted by Gasteiger charge is 2.24.